The van der Waals surface area contributed by atoms with Crippen LogP contribution in [0.4, 0.5) is 0 Å². The first-order chi connectivity index (χ1) is 29.2. The van der Waals surface area contributed by atoms with Crippen molar-refractivity contribution < 1.29 is 0 Å². The van der Waals surface area contributed by atoms with Crippen molar-refractivity contribution in [3.8, 4) is 73.2 Å². The van der Waals surface area contributed by atoms with E-state index in [9.17, 15) is 0 Å². The zero-order valence-corrected chi connectivity index (χ0v) is 32.1. The second-order valence-electron chi connectivity index (χ2n) is 14.9. The van der Waals surface area contributed by atoms with Gasteiger partial charge in [-0.15, -0.1) is 0 Å². The molecule has 2 aromatic heterocycles. The van der Waals surface area contributed by atoms with Crippen LogP contribution in [0.2, 0.25) is 0 Å². The summed E-state index contributed by atoms with van der Waals surface area (Å²) in [5.41, 5.74) is 13.0. The van der Waals surface area contributed by atoms with E-state index in [1.165, 1.54) is 27.5 Å². The minimum absolute atomic E-state index is 0.608. The molecule has 11 rings (SSSR count). The first kappa shape index (κ1) is 34.3. The maximum atomic E-state index is 5.27. The van der Waals surface area contributed by atoms with Gasteiger partial charge in [0.25, 0.3) is 0 Å². The number of benzene rings is 9. The highest BCUT2D eigenvalue weighted by Gasteiger charge is 2.19. The molecule has 0 atom stereocenters. The van der Waals surface area contributed by atoms with Gasteiger partial charge in [0, 0.05) is 33.0 Å². The monoisotopic (exact) mass is 752 g/mol. The van der Waals surface area contributed by atoms with Crippen LogP contribution in [0.5, 0.6) is 0 Å². The Morgan fingerprint density at radius 2 is 0.678 bits per heavy atom. The average Bonchev–Trinajstić information content (AvgIpc) is 3.66. The van der Waals surface area contributed by atoms with Gasteiger partial charge in [-0.05, 0) is 68.9 Å². The summed E-state index contributed by atoms with van der Waals surface area (Å²) >= 11 is 0. The normalized spacial score (nSPS) is 11.4. The zero-order valence-electron chi connectivity index (χ0n) is 32.1. The lowest BCUT2D eigenvalue weighted by atomic mass is 9.99. The van der Waals surface area contributed by atoms with Crippen molar-refractivity contribution in [2.24, 2.45) is 0 Å². The minimum Gasteiger partial charge on any atom is -0.309 e. The average molecular weight is 753 g/mol. The van der Waals surface area contributed by atoms with Crippen LogP contribution in [0.25, 0.3) is 106 Å². The van der Waals surface area contributed by atoms with Crippen LogP contribution >= 0.6 is 0 Å². The van der Waals surface area contributed by atoms with E-state index < -0.39 is 0 Å². The fraction of sp³-hybridized carbons (Fsp3) is 0. The third-order valence-corrected chi connectivity index (χ3v) is 11.3. The van der Waals surface area contributed by atoms with Gasteiger partial charge in [-0.3, -0.25) is 0 Å². The van der Waals surface area contributed by atoms with E-state index in [0.29, 0.717) is 17.5 Å². The summed E-state index contributed by atoms with van der Waals surface area (Å²) in [6.45, 7) is 0. The molecule has 0 saturated heterocycles. The summed E-state index contributed by atoms with van der Waals surface area (Å²) in [7, 11) is 0. The van der Waals surface area contributed by atoms with Gasteiger partial charge < -0.3 is 4.57 Å². The summed E-state index contributed by atoms with van der Waals surface area (Å²) in [5, 5.41) is 4.71. The van der Waals surface area contributed by atoms with E-state index >= 15 is 0 Å². The molecule has 0 aliphatic rings. The predicted molar refractivity (Wildman–Crippen MR) is 244 cm³/mol. The van der Waals surface area contributed by atoms with Crippen molar-refractivity contribution in [1.29, 1.82) is 0 Å². The summed E-state index contributed by atoms with van der Waals surface area (Å²) in [4.78, 5) is 15.7. The molecule has 0 saturated carbocycles. The smallest absolute Gasteiger partial charge is 0.164 e. The largest absolute Gasteiger partial charge is 0.309 e. The standard InChI is InChI=1S/C55H36N4/c1-4-14-37(15-5-1)39-24-28-42(29-25-39)53-56-54(44-31-27-40-26-30-43(34-46(40)35-44)38-16-6-2-7-17-38)58-55(57-53)45-32-33-47(41-18-8-3-9-19-41)52(36-45)59-50-22-12-10-20-48(50)49-21-11-13-23-51(49)59/h1-36H. The molecule has 0 amide bonds. The number of nitrogens with zero attached hydrogens (tertiary/aromatic N) is 4. The molecule has 0 spiro atoms. The lowest BCUT2D eigenvalue weighted by molar-refractivity contribution is 1.07. The van der Waals surface area contributed by atoms with Gasteiger partial charge in [0.1, 0.15) is 0 Å². The van der Waals surface area contributed by atoms with Gasteiger partial charge in [0.05, 0.1) is 16.7 Å². The van der Waals surface area contributed by atoms with Crippen molar-refractivity contribution in [2.45, 2.75) is 0 Å². The van der Waals surface area contributed by atoms with E-state index in [-0.39, 0.29) is 0 Å². The van der Waals surface area contributed by atoms with Crippen LogP contribution in [0.1, 0.15) is 0 Å². The predicted octanol–water partition coefficient (Wildman–Crippen LogP) is 14.1. The number of fused-ring (bicyclic) bond motifs is 4. The molecule has 0 bridgehead atoms. The Bertz CT molecular complexity index is 3250. The molecule has 4 heteroatoms. The lowest BCUT2D eigenvalue weighted by Gasteiger charge is -2.16. The van der Waals surface area contributed by atoms with E-state index in [1.807, 2.05) is 6.07 Å². The molecule has 2 heterocycles. The molecule has 59 heavy (non-hydrogen) atoms. The molecular weight excluding hydrogens is 717 g/mol. The molecule has 0 N–H and O–H groups in total. The molecule has 4 nitrogen and oxygen atoms in total. The Hall–Kier alpha value is -7.95. The summed E-state index contributed by atoms with van der Waals surface area (Å²) in [5.74, 6) is 1.85. The van der Waals surface area contributed by atoms with Gasteiger partial charge in [-0.1, -0.05) is 188 Å². The summed E-state index contributed by atoms with van der Waals surface area (Å²) in [6.07, 6.45) is 0. The Morgan fingerprint density at radius 3 is 1.29 bits per heavy atom. The van der Waals surface area contributed by atoms with Gasteiger partial charge >= 0.3 is 0 Å². The summed E-state index contributed by atoms with van der Waals surface area (Å²) in [6, 6.07) is 77.0. The van der Waals surface area contributed by atoms with Crippen LogP contribution < -0.4 is 0 Å². The van der Waals surface area contributed by atoms with Gasteiger partial charge in [-0.2, -0.15) is 0 Å². The third-order valence-electron chi connectivity index (χ3n) is 11.3. The lowest BCUT2D eigenvalue weighted by Crippen LogP contribution is -2.02. The number of para-hydroxylation sites is 2. The van der Waals surface area contributed by atoms with Crippen molar-refractivity contribution in [3.63, 3.8) is 0 Å². The van der Waals surface area contributed by atoms with E-state index in [0.717, 1.165) is 60.9 Å². The number of hydrogen-bond acceptors (Lipinski definition) is 3. The molecule has 9 aromatic carbocycles. The Morgan fingerprint density at radius 1 is 0.271 bits per heavy atom. The molecule has 276 valence electrons. The number of aromatic nitrogens is 4. The molecule has 0 radical (unpaired) electrons. The van der Waals surface area contributed by atoms with Crippen molar-refractivity contribution >= 4 is 32.6 Å². The first-order valence-electron chi connectivity index (χ1n) is 19.9. The highest BCUT2D eigenvalue weighted by molar-refractivity contribution is 6.10. The molecular formula is C55H36N4. The highest BCUT2D eigenvalue weighted by atomic mass is 15.0. The summed E-state index contributed by atoms with van der Waals surface area (Å²) < 4.78 is 2.38. The maximum Gasteiger partial charge on any atom is 0.164 e. The molecule has 11 aromatic rings. The minimum atomic E-state index is 0.608. The van der Waals surface area contributed by atoms with Crippen molar-refractivity contribution in [1.82, 2.24) is 19.5 Å². The van der Waals surface area contributed by atoms with E-state index in [1.54, 1.807) is 0 Å². The van der Waals surface area contributed by atoms with Crippen LogP contribution in [-0.2, 0) is 0 Å². The topological polar surface area (TPSA) is 43.6 Å². The van der Waals surface area contributed by atoms with Crippen molar-refractivity contribution in [2.75, 3.05) is 0 Å². The van der Waals surface area contributed by atoms with Gasteiger partial charge in [0.15, 0.2) is 17.5 Å². The number of rotatable bonds is 7. The Balaban J connectivity index is 1.12. The van der Waals surface area contributed by atoms with Crippen LogP contribution in [0, 0.1) is 0 Å². The maximum absolute atomic E-state index is 5.27. The second-order valence-corrected chi connectivity index (χ2v) is 14.9. The Labute approximate surface area is 342 Å². The fourth-order valence-electron chi connectivity index (χ4n) is 8.30. The second kappa shape index (κ2) is 14.5. The molecule has 0 fully saturated rings. The SMILES string of the molecule is c1ccc(-c2ccc(-c3nc(-c4ccc(-c5ccccc5)c(-n5c6ccccc6c6ccccc65)c4)nc(-c4ccc5ccc(-c6ccccc6)cc5c4)n3)cc2)cc1. The molecule has 0 unspecified atom stereocenters. The number of hydrogen-bond donors (Lipinski definition) is 0. The third kappa shape index (κ3) is 6.34. The van der Waals surface area contributed by atoms with Crippen LogP contribution in [-0.4, -0.2) is 19.5 Å². The van der Waals surface area contributed by atoms with E-state index in [4.69, 9.17) is 15.0 Å². The van der Waals surface area contributed by atoms with Crippen molar-refractivity contribution in [3.05, 3.63) is 218 Å². The zero-order chi connectivity index (χ0) is 39.1. The Kier molecular flexibility index (Phi) is 8.45. The van der Waals surface area contributed by atoms with Crippen LogP contribution in [0.15, 0.2) is 218 Å². The quantitative estimate of drug-likeness (QED) is 0.163. The molecule has 0 aliphatic carbocycles. The fourth-order valence-corrected chi connectivity index (χ4v) is 8.30. The highest BCUT2D eigenvalue weighted by Crippen LogP contribution is 2.38. The van der Waals surface area contributed by atoms with Gasteiger partial charge in [-0.25, -0.2) is 15.0 Å². The molecule has 0 aliphatic heterocycles. The van der Waals surface area contributed by atoms with Crippen LogP contribution in [0.3, 0.4) is 0 Å². The van der Waals surface area contributed by atoms with Gasteiger partial charge in [0.2, 0.25) is 0 Å². The van der Waals surface area contributed by atoms with E-state index in [2.05, 4.69) is 217 Å². The first-order valence-corrected chi connectivity index (χ1v) is 19.9.